The molecule has 0 spiro atoms. The second kappa shape index (κ2) is 5.78. The van der Waals surface area contributed by atoms with E-state index in [0.717, 1.165) is 12.8 Å². The van der Waals surface area contributed by atoms with Crippen LogP contribution in [0.3, 0.4) is 0 Å². The van der Waals surface area contributed by atoms with Gasteiger partial charge in [0.2, 0.25) is 0 Å². The molecule has 1 atom stereocenters. The van der Waals surface area contributed by atoms with Crippen molar-refractivity contribution in [1.29, 1.82) is 0 Å². The molecule has 0 aliphatic carbocycles. The van der Waals surface area contributed by atoms with E-state index in [1.807, 2.05) is 0 Å². The van der Waals surface area contributed by atoms with Crippen molar-refractivity contribution >= 4 is 8.25 Å². The quantitative estimate of drug-likeness (QED) is 0.501. The van der Waals surface area contributed by atoms with Gasteiger partial charge in [0.05, 0.1) is 6.61 Å². The van der Waals surface area contributed by atoms with E-state index < -0.39 is 8.25 Å². The van der Waals surface area contributed by atoms with E-state index in [4.69, 9.17) is 4.89 Å². The minimum absolute atomic E-state index is 0.393. The smallest absolute Gasteiger partial charge is 0.298 e. The van der Waals surface area contributed by atoms with Crippen molar-refractivity contribution in [1.82, 2.24) is 0 Å². The van der Waals surface area contributed by atoms with Gasteiger partial charge in [0.15, 0.2) is 0 Å². The normalized spacial score (nSPS) is 12.2. The van der Waals surface area contributed by atoms with Crippen LogP contribution in [0.15, 0.2) is 0 Å². The third-order valence-corrected chi connectivity index (χ3v) is 1.53. The first kappa shape index (κ1) is 10.0. The summed E-state index contributed by atoms with van der Waals surface area (Å²) in [6, 6.07) is 0. The van der Waals surface area contributed by atoms with Crippen molar-refractivity contribution in [3.05, 3.63) is 0 Å². The first-order chi connectivity index (χ1) is 4.63. The summed E-state index contributed by atoms with van der Waals surface area (Å²) in [6.45, 7) is 4.61. The predicted octanol–water partition coefficient (Wildman–Crippen LogP) is 2.09. The van der Waals surface area contributed by atoms with Crippen LogP contribution in [0.4, 0.5) is 0 Å². The van der Waals surface area contributed by atoms with Crippen molar-refractivity contribution in [3.8, 4) is 0 Å². The summed E-state index contributed by atoms with van der Waals surface area (Å²) in [5.41, 5.74) is 0. The summed E-state index contributed by atoms with van der Waals surface area (Å²) >= 11 is 0. The van der Waals surface area contributed by atoms with Gasteiger partial charge in [0, 0.05) is 0 Å². The zero-order chi connectivity index (χ0) is 7.98. The summed E-state index contributed by atoms with van der Waals surface area (Å²) in [4.78, 5) is 8.20. The van der Waals surface area contributed by atoms with Gasteiger partial charge in [-0.3, -0.25) is 9.42 Å². The Morgan fingerprint density at radius 1 is 1.60 bits per heavy atom. The van der Waals surface area contributed by atoms with Gasteiger partial charge in [0.1, 0.15) is 0 Å². The second-order valence-electron chi connectivity index (χ2n) is 2.61. The highest BCUT2D eigenvalue weighted by Gasteiger charge is 1.96. The molecule has 0 aromatic heterocycles. The maximum absolute atomic E-state index is 9.97. The van der Waals surface area contributed by atoms with Crippen molar-refractivity contribution in [2.45, 2.75) is 26.7 Å². The molecule has 0 aliphatic rings. The lowest BCUT2D eigenvalue weighted by atomic mass is 10.1. The molecule has 0 heterocycles. The van der Waals surface area contributed by atoms with Crippen LogP contribution in [0, 0.1) is 5.92 Å². The molecular weight excluding hydrogens is 151 g/mol. The van der Waals surface area contributed by atoms with Gasteiger partial charge in [0.25, 0.3) is 0 Å². The molecule has 0 saturated carbocycles. The molecule has 61 valence electrons. The van der Waals surface area contributed by atoms with Crippen LogP contribution in [0.25, 0.3) is 0 Å². The third kappa shape index (κ3) is 8.02. The summed E-state index contributed by atoms with van der Waals surface area (Å²) < 4.78 is 14.4. The van der Waals surface area contributed by atoms with Gasteiger partial charge < -0.3 is 0 Å². The minimum atomic E-state index is -2.38. The Morgan fingerprint density at radius 3 is 2.60 bits per heavy atom. The van der Waals surface area contributed by atoms with Gasteiger partial charge in [-0.2, -0.15) is 0 Å². The predicted molar refractivity (Wildman–Crippen MR) is 39.8 cm³/mol. The highest BCUT2D eigenvalue weighted by atomic mass is 31.1. The summed E-state index contributed by atoms with van der Waals surface area (Å²) in [5.74, 6) is 0.639. The molecule has 4 heteroatoms. The Labute approximate surface area is 62.3 Å². The van der Waals surface area contributed by atoms with Crippen molar-refractivity contribution in [2.75, 3.05) is 6.61 Å². The second-order valence-corrected chi connectivity index (χ2v) is 3.34. The SMILES string of the molecule is CC(C)CCCO[P](=O)O. The fraction of sp³-hybridized carbons (Fsp3) is 1.00. The molecule has 0 fully saturated rings. The van der Waals surface area contributed by atoms with Crippen molar-refractivity contribution < 1.29 is 14.0 Å². The molecule has 0 saturated heterocycles. The lowest BCUT2D eigenvalue weighted by Gasteiger charge is -2.01. The van der Waals surface area contributed by atoms with E-state index in [1.165, 1.54) is 0 Å². The molecule has 0 rings (SSSR count). The van der Waals surface area contributed by atoms with Crippen molar-refractivity contribution in [3.63, 3.8) is 0 Å². The molecule has 3 nitrogen and oxygen atoms in total. The van der Waals surface area contributed by atoms with E-state index >= 15 is 0 Å². The molecule has 0 aromatic rings. The van der Waals surface area contributed by atoms with Gasteiger partial charge in [-0.05, 0) is 18.8 Å². The van der Waals surface area contributed by atoms with E-state index in [9.17, 15) is 4.57 Å². The standard InChI is InChI=1S/C6H14O3P/c1-6(2)4-3-5-9-10(7)8/h6H,3-5H2,1-2H3,(H,7,8). The lowest BCUT2D eigenvalue weighted by Crippen LogP contribution is -1.91. The van der Waals surface area contributed by atoms with E-state index in [-0.39, 0.29) is 0 Å². The zero-order valence-corrected chi connectivity index (χ0v) is 7.30. The van der Waals surface area contributed by atoms with Crippen LogP contribution in [-0.2, 0) is 9.09 Å². The summed E-state index contributed by atoms with van der Waals surface area (Å²) in [6.07, 6.45) is 1.91. The Hall–Kier alpha value is 0.0200. The molecule has 1 unspecified atom stereocenters. The number of hydrogen-bond donors (Lipinski definition) is 1. The summed E-state index contributed by atoms with van der Waals surface area (Å²) in [7, 11) is -2.38. The first-order valence-corrected chi connectivity index (χ1v) is 4.55. The van der Waals surface area contributed by atoms with Crippen molar-refractivity contribution in [2.24, 2.45) is 5.92 Å². The molecule has 0 aromatic carbocycles. The van der Waals surface area contributed by atoms with Gasteiger partial charge in [-0.1, -0.05) is 13.8 Å². The fourth-order valence-electron chi connectivity index (χ4n) is 0.634. The molecule has 0 bridgehead atoms. The largest absolute Gasteiger partial charge is 0.366 e. The Balaban J connectivity index is 2.98. The molecule has 0 aliphatic heterocycles. The maximum atomic E-state index is 9.97. The van der Waals surface area contributed by atoms with Gasteiger partial charge in [-0.15, -0.1) is 0 Å². The topological polar surface area (TPSA) is 46.5 Å². The van der Waals surface area contributed by atoms with Crippen LogP contribution >= 0.6 is 8.25 Å². The van der Waals surface area contributed by atoms with E-state index in [1.54, 1.807) is 0 Å². The molecule has 1 N–H and O–H groups in total. The Bertz CT molecular complexity index is 103. The fourth-order valence-corrected chi connectivity index (χ4v) is 0.920. The van der Waals surface area contributed by atoms with Gasteiger partial charge >= 0.3 is 8.25 Å². The third-order valence-electron chi connectivity index (χ3n) is 1.13. The van der Waals surface area contributed by atoms with Crippen LogP contribution in [0.2, 0.25) is 0 Å². The molecule has 1 radical (unpaired) electrons. The first-order valence-electron chi connectivity index (χ1n) is 3.42. The lowest BCUT2D eigenvalue weighted by molar-refractivity contribution is 0.269. The Morgan fingerprint density at radius 2 is 2.20 bits per heavy atom. The number of hydrogen-bond acceptors (Lipinski definition) is 2. The highest BCUT2D eigenvalue weighted by Crippen LogP contribution is 2.15. The average Bonchev–Trinajstić information content (AvgIpc) is 1.79. The zero-order valence-electron chi connectivity index (χ0n) is 6.41. The van der Waals surface area contributed by atoms with Crippen LogP contribution in [-0.4, -0.2) is 11.5 Å². The molecule has 0 amide bonds. The average molecular weight is 165 g/mol. The van der Waals surface area contributed by atoms with E-state index in [2.05, 4.69) is 18.4 Å². The highest BCUT2D eigenvalue weighted by molar-refractivity contribution is 7.32. The molecular formula is C6H14O3P. The molecule has 10 heavy (non-hydrogen) atoms. The van der Waals surface area contributed by atoms with Crippen LogP contribution in [0.1, 0.15) is 26.7 Å². The monoisotopic (exact) mass is 165 g/mol. The van der Waals surface area contributed by atoms with Gasteiger partial charge in [-0.25, -0.2) is 4.57 Å². The number of rotatable bonds is 5. The van der Waals surface area contributed by atoms with Crippen LogP contribution < -0.4 is 0 Å². The summed E-state index contributed by atoms with van der Waals surface area (Å²) in [5, 5.41) is 0. The van der Waals surface area contributed by atoms with E-state index in [0.29, 0.717) is 12.5 Å². The van der Waals surface area contributed by atoms with Crippen LogP contribution in [0.5, 0.6) is 0 Å². The minimum Gasteiger partial charge on any atom is -0.298 e. The maximum Gasteiger partial charge on any atom is 0.366 e. The Kier molecular flexibility index (Phi) is 5.79.